The van der Waals surface area contributed by atoms with Gasteiger partial charge in [-0.2, -0.15) is 5.10 Å². The summed E-state index contributed by atoms with van der Waals surface area (Å²) in [6.07, 6.45) is 10.9. The number of nitrogens with zero attached hydrogens (tertiary/aromatic N) is 2. The Balaban J connectivity index is 1.22. The molecule has 2 atom stereocenters. The molecule has 2 aromatic heterocycles. The first kappa shape index (κ1) is 22.4. The lowest BCUT2D eigenvalue weighted by Gasteiger charge is -2.46. The molecule has 0 aromatic carbocycles. The first-order valence-corrected chi connectivity index (χ1v) is 13.4. The molecule has 0 spiro atoms. The fourth-order valence-corrected chi connectivity index (χ4v) is 7.31. The zero-order valence-corrected chi connectivity index (χ0v) is 20.6. The van der Waals surface area contributed by atoms with E-state index in [0.717, 1.165) is 54.7 Å². The average Bonchev–Trinajstić information content (AvgIpc) is 3.35. The van der Waals surface area contributed by atoms with Gasteiger partial charge in [-0.1, -0.05) is 19.3 Å². The quantitative estimate of drug-likeness (QED) is 0.679. The fourth-order valence-electron chi connectivity index (χ4n) is 6.17. The van der Waals surface area contributed by atoms with Gasteiger partial charge < -0.3 is 15.4 Å². The third kappa shape index (κ3) is 4.36. The second-order valence-corrected chi connectivity index (χ2v) is 11.6. The van der Waals surface area contributed by atoms with Gasteiger partial charge in [0.2, 0.25) is 0 Å². The van der Waals surface area contributed by atoms with E-state index in [1.165, 1.54) is 36.9 Å². The second-order valence-electron chi connectivity index (χ2n) is 10.5. The summed E-state index contributed by atoms with van der Waals surface area (Å²) in [5.74, 6) is 0.638. The number of ether oxygens (including phenoxy) is 1. The maximum Gasteiger partial charge on any atom is 0.261 e. The lowest BCUT2D eigenvalue weighted by molar-refractivity contribution is -0.137. The van der Waals surface area contributed by atoms with Crippen molar-refractivity contribution in [3.63, 3.8) is 0 Å². The number of hydrogen-bond donors (Lipinski definition) is 2. The van der Waals surface area contributed by atoms with E-state index in [9.17, 15) is 4.79 Å². The van der Waals surface area contributed by atoms with Crippen molar-refractivity contribution in [1.29, 1.82) is 0 Å². The molecule has 2 aliphatic carbocycles. The zero-order valence-electron chi connectivity index (χ0n) is 19.8. The van der Waals surface area contributed by atoms with Crippen molar-refractivity contribution in [3.05, 3.63) is 16.6 Å². The van der Waals surface area contributed by atoms with E-state index in [2.05, 4.69) is 42.2 Å². The summed E-state index contributed by atoms with van der Waals surface area (Å²) in [6, 6.07) is 2.81. The third-order valence-corrected chi connectivity index (χ3v) is 9.14. The lowest BCUT2D eigenvalue weighted by Crippen LogP contribution is -2.56. The predicted octanol–water partition coefficient (Wildman–Crippen LogP) is 4.97. The zero-order chi connectivity index (χ0) is 22.3. The molecule has 2 N–H and O–H groups in total. The Morgan fingerprint density at radius 2 is 1.97 bits per heavy atom. The van der Waals surface area contributed by atoms with Crippen LogP contribution in [0.3, 0.4) is 0 Å². The molecule has 176 valence electrons. The highest BCUT2D eigenvalue weighted by molar-refractivity contribution is 7.20. The van der Waals surface area contributed by atoms with Gasteiger partial charge >= 0.3 is 0 Å². The maximum atomic E-state index is 13.1. The van der Waals surface area contributed by atoms with Gasteiger partial charge in [-0.25, -0.2) is 0 Å². The Hall–Kier alpha value is -1.44. The molecular formula is C25H38N4O2S. The van der Waals surface area contributed by atoms with Crippen molar-refractivity contribution >= 4 is 27.5 Å². The third-order valence-electron chi connectivity index (χ3n) is 8.02. The molecule has 3 aliphatic rings. The number of aryl methyl sites for hydroxylation is 1. The monoisotopic (exact) mass is 458 g/mol. The smallest absolute Gasteiger partial charge is 0.261 e. The average molecular weight is 459 g/mol. The van der Waals surface area contributed by atoms with Crippen molar-refractivity contribution in [3.8, 4) is 0 Å². The van der Waals surface area contributed by atoms with Gasteiger partial charge in [-0.3, -0.25) is 9.48 Å². The van der Waals surface area contributed by atoms with Gasteiger partial charge in [0.15, 0.2) is 0 Å². The first-order valence-electron chi connectivity index (χ1n) is 12.6. The Morgan fingerprint density at radius 3 is 2.69 bits per heavy atom. The highest BCUT2D eigenvalue weighted by atomic mass is 32.1. The second kappa shape index (κ2) is 9.07. The summed E-state index contributed by atoms with van der Waals surface area (Å²) >= 11 is 1.62. The summed E-state index contributed by atoms with van der Waals surface area (Å²) in [5, 5.41) is 12.8. The van der Waals surface area contributed by atoms with Crippen molar-refractivity contribution in [2.24, 2.45) is 5.92 Å². The van der Waals surface area contributed by atoms with Crippen LogP contribution < -0.4 is 10.6 Å². The van der Waals surface area contributed by atoms with Crippen LogP contribution in [-0.4, -0.2) is 46.5 Å². The maximum absolute atomic E-state index is 13.1. The lowest BCUT2D eigenvalue weighted by atomic mass is 9.75. The minimum Gasteiger partial charge on any atom is -0.369 e. The number of amides is 1. The number of thiophene rings is 1. The highest BCUT2D eigenvalue weighted by Gasteiger charge is 2.40. The fraction of sp³-hybridized carbons (Fsp3) is 0.760. The molecule has 0 unspecified atom stereocenters. The number of morpholine rings is 1. The number of fused-ring (bicyclic) bond motifs is 1. The summed E-state index contributed by atoms with van der Waals surface area (Å²) in [5.41, 5.74) is 0.964. The molecule has 7 heteroatoms. The van der Waals surface area contributed by atoms with Crippen LogP contribution in [0, 0.1) is 12.8 Å². The molecular weight excluding hydrogens is 420 g/mol. The van der Waals surface area contributed by atoms with Crippen LogP contribution in [0.25, 0.3) is 10.2 Å². The summed E-state index contributed by atoms with van der Waals surface area (Å²) in [4.78, 5) is 15.1. The molecule has 0 bridgehead atoms. The van der Waals surface area contributed by atoms with Crippen molar-refractivity contribution in [2.75, 3.05) is 13.1 Å². The number of carbonyl (C=O) groups excluding carboxylic acids is 1. The molecule has 2 saturated carbocycles. The molecule has 3 heterocycles. The van der Waals surface area contributed by atoms with Gasteiger partial charge in [-0.15, -0.1) is 11.3 Å². The van der Waals surface area contributed by atoms with Crippen molar-refractivity contribution < 1.29 is 9.53 Å². The number of nitrogens with one attached hydrogen (secondary N) is 2. The van der Waals surface area contributed by atoms with Crippen LogP contribution in [0.2, 0.25) is 0 Å². The van der Waals surface area contributed by atoms with E-state index in [4.69, 9.17) is 9.84 Å². The normalized spacial score (nSPS) is 32.3. The minimum absolute atomic E-state index is 0.0827. The van der Waals surface area contributed by atoms with Crippen LogP contribution >= 0.6 is 11.3 Å². The van der Waals surface area contributed by atoms with Gasteiger partial charge in [0.05, 0.1) is 28.3 Å². The van der Waals surface area contributed by atoms with E-state index in [1.807, 2.05) is 0 Å². The minimum atomic E-state index is -0.0827. The van der Waals surface area contributed by atoms with E-state index >= 15 is 0 Å². The predicted molar refractivity (Wildman–Crippen MR) is 130 cm³/mol. The largest absolute Gasteiger partial charge is 0.369 e. The van der Waals surface area contributed by atoms with E-state index < -0.39 is 0 Å². The first-order chi connectivity index (χ1) is 15.4. The van der Waals surface area contributed by atoms with E-state index in [1.54, 1.807) is 11.3 Å². The van der Waals surface area contributed by atoms with E-state index in [0.29, 0.717) is 12.0 Å². The standard InChI is InChI=1S/C25H38N4O2S/c1-16-14-26-15-25(3,31-16)18-9-11-19(12-10-18)27-23(30)22-13-21-17(2)28-29(24(21)32-22)20-7-5-4-6-8-20/h13,16,18-20,26H,4-12,14-15H2,1-3H3,(H,27,30)/t16-,18?,19?,25-/m0/s1. The van der Waals surface area contributed by atoms with Crippen LogP contribution in [0.5, 0.6) is 0 Å². The Labute approximate surface area is 195 Å². The number of aromatic nitrogens is 2. The molecule has 1 amide bonds. The van der Waals surface area contributed by atoms with Gasteiger partial charge in [-0.05, 0) is 71.3 Å². The molecule has 6 nitrogen and oxygen atoms in total. The number of rotatable bonds is 4. The van der Waals surface area contributed by atoms with Gasteiger partial charge in [0.1, 0.15) is 4.83 Å². The highest BCUT2D eigenvalue weighted by Crippen LogP contribution is 2.38. The van der Waals surface area contributed by atoms with Gasteiger partial charge in [0.25, 0.3) is 5.91 Å². The summed E-state index contributed by atoms with van der Waals surface area (Å²) in [6.45, 7) is 8.35. The molecule has 32 heavy (non-hydrogen) atoms. The SMILES string of the molecule is Cc1nn(C2CCCCC2)c2sc(C(=O)NC3CCC([C@]4(C)CNC[C@H](C)O4)CC3)cc12. The molecule has 5 rings (SSSR count). The van der Waals surface area contributed by atoms with Crippen LogP contribution in [-0.2, 0) is 4.74 Å². The topological polar surface area (TPSA) is 68.2 Å². The summed E-state index contributed by atoms with van der Waals surface area (Å²) < 4.78 is 8.56. The summed E-state index contributed by atoms with van der Waals surface area (Å²) in [7, 11) is 0. The Kier molecular flexibility index (Phi) is 6.34. The Bertz CT molecular complexity index is 955. The van der Waals surface area contributed by atoms with Crippen molar-refractivity contribution in [1.82, 2.24) is 20.4 Å². The van der Waals surface area contributed by atoms with Gasteiger partial charge in [0, 0.05) is 24.5 Å². The van der Waals surface area contributed by atoms with E-state index in [-0.39, 0.29) is 23.7 Å². The molecule has 1 aliphatic heterocycles. The van der Waals surface area contributed by atoms with Crippen molar-refractivity contribution in [2.45, 2.75) is 102 Å². The van der Waals surface area contributed by atoms with Crippen LogP contribution in [0.1, 0.15) is 93.0 Å². The molecule has 1 saturated heterocycles. The van der Waals surface area contributed by atoms with Crippen LogP contribution in [0.15, 0.2) is 6.07 Å². The molecule has 2 aromatic rings. The number of hydrogen-bond acceptors (Lipinski definition) is 5. The molecule has 0 radical (unpaired) electrons. The Morgan fingerprint density at radius 1 is 1.22 bits per heavy atom. The molecule has 3 fully saturated rings. The van der Waals surface area contributed by atoms with Crippen LogP contribution in [0.4, 0.5) is 0 Å². The number of carbonyl (C=O) groups is 1.